The van der Waals surface area contributed by atoms with Crippen molar-refractivity contribution < 1.29 is 9.53 Å². The Kier molecular flexibility index (Phi) is 5.37. The first-order valence-corrected chi connectivity index (χ1v) is 8.78. The standard InChI is InChI=1S/C18H21N3O2S/c1-3-12-23-15-7-5-4-6-14(15)13-16-17(22)19-18(24-16)21-10-8-20(2)9-11-21/h3-7,13H,1,8-12H2,2H3/b16-13-. The average Bonchev–Trinajstić information content (AvgIpc) is 2.95. The number of nitrogens with zero attached hydrogens (tertiary/aromatic N) is 3. The van der Waals surface area contributed by atoms with Crippen LogP contribution in [0, 0.1) is 0 Å². The maximum absolute atomic E-state index is 12.3. The molecule has 5 nitrogen and oxygen atoms in total. The molecule has 0 aliphatic carbocycles. The van der Waals surface area contributed by atoms with Gasteiger partial charge in [-0.15, -0.1) is 0 Å². The molecule has 0 spiro atoms. The van der Waals surface area contributed by atoms with Gasteiger partial charge >= 0.3 is 0 Å². The third-order valence-electron chi connectivity index (χ3n) is 3.95. The van der Waals surface area contributed by atoms with Crippen molar-refractivity contribution in [1.29, 1.82) is 0 Å². The number of hydrogen-bond acceptors (Lipinski definition) is 5. The van der Waals surface area contributed by atoms with E-state index in [0.717, 1.165) is 42.7 Å². The minimum atomic E-state index is -0.174. The van der Waals surface area contributed by atoms with Crippen molar-refractivity contribution in [2.45, 2.75) is 0 Å². The molecular formula is C18H21N3O2S. The molecule has 3 rings (SSSR count). The number of thioether (sulfide) groups is 1. The van der Waals surface area contributed by atoms with Gasteiger partial charge in [0.15, 0.2) is 5.17 Å². The molecular weight excluding hydrogens is 322 g/mol. The highest BCUT2D eigenvalue weighted by molar-refractivity contribution is 8.18. The maximum atomic E-state index is 12.3. The Labute approximate surface area is 146 Å². The van der Waals surface area contributed by atoms with Crippen molar-refractivity contribution >= 4 is 28.9 Å². The lowest BCUT2D eigenvalue weighted by Gasteiger charge is -2.32. The first-order valence-electron chi connectivity index (χ1n) is 7.96. The summed E-state index contributed by atoms with van der Waals surface area (Å²) >= 11 is 1.45. The second-order valence-electron chi connectivity index (χ2n) is 5.74. The van der Waals surface area contributed by atoms with Crippen molar-refractivity contribution in [3.8, 4) is 5.75 Å². The topological polar surface area (TPSA) is 45.1 Å². The fourth-order valence-electron chi connectivity index (χ4n) is 2.55. The minimum Gasteiger partial charge on any atom is -0.489 e. The number of carbonyl (C=O) groups excluding carboxylic acids is 1. The van der Waals surface area contributed by atoms with Gasteiger partial charge in [-0.05, 0) is 31.0 Å². The zero-order chi connectivity index (χ0) is 16.9. The van der Waals surface area contributed by atoms with Gasteiger partial charge in [-0.3, -0.25) is 4.79 Å². The quantitative estimate of drug-likeness (QED) is 0.621. The lowest BCUT2D eigenvalue weighted by Crippen LogP contribution is -2.46. The van der Waals surface area contributed by atoms with Crippen molar-refractivity contribution in [3.05, 3.63) is 47.4 Å². The third kappa shape index (κ3) is 3.88. The van der Waals surface area contributed by atoms with Crippen LogP contribution >= 0.6 is 11.8 Å². The van der Waals surface area contributed by atoms with Gasteiger partial charge < -0.3 is 14.5 Å². The summed E-state index contributed by atoms with van der Waals surface area (Å²) < 4.78 is 5.65. The molecule has 1 fully saturated rings. The Bertz CT molecular complexity index is 691. The third-order valence-corrected chi connectivity index (χ3v) is 4.99. The van der Waals surface area contributed by atoms with Crippen LogP contribution in [0.5, 0.6) is 5.75 Å². The first-order chi connectivity index (χ1) is 11.7. The van der Waals surface area contributed by atoms with Gasteiger partial charge in [0.05, 0.1) is 4.91 Å². The molecule has 2 heterocycles. The number of amides is 1. The van der Waals surface area contributed by atoms with E-state index in [0.29, 0.717) is 11.5 Å². The van der Waals surface area contributed by atoms with Gasteiger partial charge in [0.1, 0.15) is 12.4 Å². The number of rotatable bonds is 4. The molecule has 6 heteroatoms. The van der Waals surface area contributed by atoms with Crippen LogP contribution in [0.25, 0.3) is 6.08 Å². The van der Waals surface area contributed by atoms with E-state index in [4.69, 9.17) is 4.74 Å². The van der Waals surface area contributed by atoms with E-state index >= 15 is 0 Å². The molecule has 1 aromatic rings. The fraction of sp³-hybridized carbons (Fsp3) is 0.333. The molecule has 126 valence electrons. The molecule has 0 unspecified atom stereocenters. The van der Waals surface area contributed by atoms with Crippen molar-refractivity contribution in [2.24, 2.45) is 4.99 Å². The summed E-state index contributed by atoms with van der Waals surface area (Å²) in [6, 6.07) is 7.67. The van der Waals surface area contributed by atoms with Crippen LogP contribution < -0.4 is 4.74 Å². The summed E-state index contributed by atoms with van der Waals surface area (Å²) in [4.78, 5) is 21.6. The van der Waals surface area contributed by atoms with Crippen molar-refractivity contribution in [1.82, 2.24) is 9.80 Å². The summed E-state index contributed by atoms with van der Waals surface area (Å²) in [7, 11) is 2.11. The SMILES string of the molecule is C=CCOc1ccccc1/C=C1\SC(N2CCN(C)CC2)=NC1=O. The molecule has 0 saturated carbocycles. The molecule has 1 saturated heterocycles. The maximum Gasteiger partial charge on any atom is 0.286 e. The second kappa shape index (κ2) is 7.68. The molecule has 0 radical (unpaired) electrons. The Morgan fingerprint density at radius 2 is 2.04 bits per heavy atom. The number of para-hydroxylation sites is 1. The number of hydrogen-bond donors (Lipinski definition) is 0. The Balaban J connectivity index is 1.74. The highest BCUT2D eigenvalue weighted by Gasteiger charge is 2.27. The number of aliphatic imine (C=N–C) groups is 1. The van der Waals surface area contributed by atoms with E-state index in [2.05, 4.69) is 28.4 Å². The fourth-order valence-corrected chi connectivity index (χ4v) is 3.51. The second-order valence-corrected chi connectivity index (χ2v) is 6.75. The predicted octanol–water partition coefficient (Wildman–Crippen LogP) is 2.47. The highest BCUT2D eigenvalue weighted by Crippen LogP contribution is 2.32. The molecule has 2 aliphatic rings. The Hall–Kier alpha value is -2.05. The summed E-state index contributed by atoms with van der Waals surface area (Å²) in [5.74, 6) is 0.568. The lowest BCUT2D eigenvalue weighted by molar-refractivity contribution is -0.113. The van der Waals surface area contributed by atoms with Gasteiger partial charge in [-0.1, -0.05) is 30.9 Å². The van der Waals surface area contributed by atoms with E-state index in [1.165, 1.54) is 11.8 Å². The number of amidine groups is 1. The van der Waals surface area contributed by atoms with Crippen LogP contribution in [0.4, 0.5) is 0 Å². The average molecular weight is 343 g/mol. The minimum absolute atomic E-state index is 0.174. The normalized spacial score (nSPS) is 20.4. The number of carbonyl (C=O) groups is 1. The number of likely N-dealkylation sites (N-methyl/N-ethyl adjacent to an activating group) is 1. The summed E-state index contributed by atoms with van der Waals surface area (Å²) in [6.45, 7) is 7.89. The molecule has 2 aliphatic heterocycles. The van der Waals surface area contributed by atoms with Gasteiger partial charge in [0.2, 0.25) is 0 Å². The van der Waals surface area contributed by atoms with Gasteiger partial charge in [0, 0.05) is 31.7 Å². The summed E-state index contributed by atoms with van der Waals surface area (Å²) in [6.07, 6.45) is 3.56. The van der Waals surface area contributed by atoms with Crippen LogP contribution in [0.3, 0.4) is 0 Å². The highest BCUT2D eigenvalue weighted by atomic mass is 32.2. The zero-order valence-electron chi connectivity index (χ0n) is 13.8. The molecule has 0 N–H and O–H groups in total. The zero-order valence-corrected chi connectivity index (χ0v) is 14.6. The molecule has 0 atom stereocenters. The smallest absolute Gasteiger partial charge is 0.286 e. The van der Waals surface area contributed by atoms with E-state index in [1.54, 1.807) is 6.08 Å². The number of benzene rings is 1. The monoisotopic (exact) mass is 343 g/mol. The van der Waals surface area contributed by atoms with Gasteiger partial charge in [-0.25, -0.2) is 0 Å². The van der Waals surface area contributed by atoms with E-state index in [9.17, 15) is 4.79 Å². The molecule has 0 bridgehead atoms. The first kappa shape index (κ1) is 16.8. The van der Waals surface area contributed by atoms with Crippen LogP contribution in [-0.2, 0) is 4.79 Å². The van der Waals surface area contributed by atoms with E-state index in [1.807, 2.05) is 30.3 Å². The molecule has 1 aromatic carbocycles. The van der Waals surface area contributed by atoms with Crippen molar-refractivity contribution in [3.63, 3.8) is 0 Å². The van der Waals surface area contributed by atoms with Crippen LogP contribution in [0.1, 0.15) is 5.56 Å². The van der Waals surface area contributed by atoms with Crippen LogP contribution in [0.15, 0.2) is 46.8 Å². The van der Waals surface area contributed by atoms with Crippen molar-refractivity contribution in [2.75, 3.05) is 39.8 Å². The summed E-state index contributed by atoms with van der Waals surface area (Å²) in [5.41, 5.74) is 0.880. The van der Waals surface area contributed by atoms with Gasteiger partial charge in [0.25, 0.3) is 5.91 Å². The van der Waals surface area contributed by atoms with Crippen LogP contribution in [-0.4, -0.2) is 60.7 Å². The largest absolute Gasteiger partial charge is 0.489 e. The Morgan fingerprint density at radius 1 is 1.29 bits per heavy atom. The van der Waals surface area contributed by atoms with E-state index in [-0.39, 0.29) is 5.91 Å². The number of piperazine rings is 1. The molecule has 0 aromatic heterocycles. The number of ether oxygens (including phenoxy) is 1. The summed E-state index contributed by atoms with van der Waals surface area (Å²) in [5, 5.41) is 0.809. The predicted molar refractivity (Wildman–Crippen MR) is 99.2 cm³/mol. The molecule has 24 heavy (non-hydrogen) atoms. The lowest BCUT2D eigenvalue weighted by atomic mass is 10.2. The van der Waals surface area contributed by atoms with Crippen LogP contribution in [0.2, 0.25) is 0 Å². The Morgan fingerprint density at radius 3 is 2.79 bits per heavy atom. The van der Waals surface area contributed by atoms with E-state index < -0.39 is 0 Å². The van der Waals surface area contributed by atoms with Gasteiger partial charge in [-0.2, -0.15) is 4.99 Å². The molecule has 1 amide bonds.